The fourth-order valence-electron chi connectivity index (χ4n) is 1.46. The van der Waals surface area contributed by atoms with Crippen molar-refractivity contribution in [2.75, 3.05) is 7.05 Å². The van der Waals surface area contributed by atoms with Crippen LogP contribution in [0.15, 0.2) is 22.7 Å². The number of benzene rings is 1. The summed E-state index contributed by atoms with van der Waals surface area (Å²) < 4.78 is 42.1. The van der Waals surface area contributed by atoms with Gasteiger partial charge in [-0.1, -0.05) is 5.16 Å². The first kappa shape index (κ1) is 10.9. The molecule has 2 rings (SSSR count). The molecule has 2 aromatic rings. The lowest BCUT2D eigenvalue weighted by Gasteiger charge is -2.05. The Hall–Kier alpha value is -1.56. The van der Waals surface area contributed by atoms with E-state index in [0.29, 0.717) is 17.7 Å². The molecule has 0 amide bonds. The molecule has 0 atom stereocenters. The fourth-order valence-corrected chi connectivity index (χ4v) is 1.46. The lowest BCUT2D eigenvalue weighted by molar-refractivity contribution is -0.137. The van der Waals surface area contributed by atoms with Crippen molar-refractivity contribution in [2.45, 2.75) is 12.7 Å². The van der Waals surface area contributed by atoms with Crippen molar-refractivity contribution in [3.05, 3.63) is 29.5 Å². The van der Waals surface area contributed by atoms with Gasteiger partial charge in [-0.2, -0.15) is 13.2 Å². The van der Waals surface area contributed by atoms with Crippen molar-refractivity contribution in [3.8, 4) is 0 Å². The maximum atomic E-state index is 12.4. The van der Waals surface area contributed by atoms with Crippen LogP contribution in [0.4, 0.5) is 13.2 Å². The molecule has 0 spiro atoms. The molecule has 1 N–H and O–H groups in total. The van der Waals surface area contributed by atoms with E-state index in [1.54, 1.807) is 7.05 Å². The fraction of sp³-hybridized carbons (Fsp3) is 0.300. The second kappa shape index (κ2) is 3.79. The Morgan fingerprint density at radius 1 is 1.38 bits per heavy atom. The molecule has 0 unspecified atom stereocenters. The summed E-state index contributed by atoms with van der Waals surface area (Å²) >= 11 is 0. The third-order valence-electron chi connectivity index (χ3n) is 2.22. The molecule has 0 saturated carbocycles. The van der Waals surface area contributed by atoms with E-state index in [1.807, 2.05) is 0 Å². The molecule has 86 valence electrons. The molecule has 0 radical (unpaired) electrons. The number of nitrogens with zero attached hydrogens (tertiary/aromatic N) is 1. The molecule has 0 aliphatic carbocycles. The Balaban J connectivity index is 2.49. The van der Waals surface area contributed by atoms with E-state index in [1.165, 1.54) is 6.07 Å². The van der Waals surface area contributed by atoms with Crippen molar-refractivity contribution < 1.29 is 17.7 Å². The van der Waals surface area contributed by atoms with Gasteiger partial charge in [0.05, 0.1) is 12.1 Å². The zero-order valence-electron chi connectivity index (χ0n) is 8.43. The highest BCUT2D eigenvalue weighted by Crippen LogP contribution is 2.31. The Labute approximate surface area is 89.2 Å². The summed E-state index contributed by atoms with van der Waals surface area (Å²) in [5, 5.41) is 7.05. The van der Waals surface area contributed by atoms with Crippen LogP contribution in [0.2, 0.25) is 0 Å². The number of nitrogens with one attached hydrogen (secondary N) is 1. The Morgan fingerprint density at radius 2 is 2.12 bits per heavy atom. The lowest BCUT2D eigenvalue weighted by atomic mass is 10.1. The largest absolute Gasteiger partial charge is 0.416 e. The van der Waals surface area contributed by atoms with Gasteiger partial charge in [-0.3, -0.25) is 0 Å². The highest BCUT2D eigenvalue weighted by molar-refractivity contribution is 5.81. The first-order valence-electron chi connectivity index (χ1n) is 4.62. The summed E-state index contributed by atoms with van der Waals surface area (Å²) in [6.07, 6.45) is -4.35. The van der Waals surface area contributed by atoms with Crippen molar-refractivity contribution in [1.82, 2.24) is 10.5 Å². The lowest BCUT2D eigenvalue weighted by Crippen LogP contribution is -2.05. The highest BCUT2D eigenvalue weighted by Gasteiger charge is 2.31. The molecule has 1 aromatic carbocycles. The van der Waals surface area contributed by atoms with E-state index >= 15 is 0 Å². The second-order valence-corrected chi connectivity index (χ2v) is 3.37. The maximum Gasteiger partial charge on any atom is 0.416 e. The molecule has 0 fully saturated rings. The summed E-state index contributed by atoms with van der Waals surface area (Å²) in [6, 6.07) is 3.39. The molecule has 0 aliphatic heterocycles. The van der Waals surface area contributed by atoms with Crippen molar-refractivity contribution >= 4 is 10.9 Å². The Morgan fingerprint density at radius 3 is 2.75 bits per heavy atom. The van der Waals surface area contributed by atoms with Crippen LogP contribution in [0.3, 0.4) is 0 Å². The number of aromatic nitrogens is 1. The molecule has 0 saturated heterocycles. The quantitative estimate of drug-likeness (QED) is 0.861. The van der Waals surface area contributed by atoms with Crippen LogP contribution >= 0.6 is 0 Å². The van der Waals surface area contributed by atoms with E-state index in [0.717, 1.165) is 12.1 Å². The number of fused-ring (bicyclic) bond motifs is 1. The zero-order chi connectivity index (χ0) is 11.8. The zero-order valence-corrected chi connectivity index (χ0v) is 8.43. The van der Waals surface area contributed by atoms with Gasteiger partial charge in [0.25, 0.3) is 0 Å². The van der Waals surface area contributed by atoms with Crippen LogP contribution in [0, 0.1) is 0 Å². The first-order valence-corrected chi connectivity index (χ1v) is 4.62. The summed E-state index contributed by atoms with van der Waals surface area (Å²) in [5.41, 5.74) is -0.496. The van der Waals surface area contributed by atoms with E-state index in [-0.39, 0.29) is 5.52 Å². The predicted octanol–water partition coefficient (Wildman–Crippen LogP) is 2.57. The summed E-state index contributed by atoms with van der Waals surface area (Å²) in [5.74, 6) is 0.534. The molecule has 1 heterocycles. The smallest absolute Gasteiger partial charge is 0.359 e. The van der Waals surface area contributed by atoms with Gasteiger partial charge in [0.1, 0.15) is 5.52 Å². The van der Waals surface area contributed by atoms with Crippen molar-refractivity contribution in [3.63, 3.8) is 0 Å². The molecular formula is C10H9F3N2O. The number of rotatable bonds is 2. The van der Waals surface area contributed by atoms with Crippen LogP contribution < -0.4 is 5.32 Å². The summed E-state index contributed by atoms with van der Waals surface area (Å²) in [7, 11) is 1.72. The SMILES string of the molecule is CNCc1onc2cc(C(F)(F)F)ccc12. The second-order valence-electron chi connectivity index (χ2n) is 3.37. The average Bonchev–Trinajstić information content (AvgIpc) is 2.60. The standard InChI is InChI=1S/C10H9F3N2O/c1-14-5-9-7-3-2-6(10(11,12)13)4-8(7)15-16-9/h2-4,14H,5H2,1H3. The Bertz CT molecular complexity index is 504. The van der Waals surface area contributed by atoms with E-state index in [4.69, 9.17) is 4.52 Å². The van der Waals surface area contributed by atoms with Gasteiger partial charge in [0.2, 0.25) is 0 Å². The minimum Gasteiger partial charge on any atom is -0.359 e. The maximum absolute atomic E-state index is 12.4. The monoisotopic (exact) mass is 230 g/mol. The van der Waals surface area contributed by atoms with E-state index in [2.05, 4.69) is 10.5 Å². The normalized spacial score (nSPS) is 12.2. The van der Waals surface area contributed by atoms with E-state index in [9.17, 15) is 13.2 Å². The average molecular weight is 230 g/mol. The van der Waals surface area contributed by atoms with Crippen LogP contribution in [-0.2, 0) is 12.7 Å². The third kappa shape index (κ3) is 1.88. The van der Waals surface area contributed by atoms with Crippen LogP contribution in [-0.4, -0.2) is 12.2 Å². The topological polar surface area (TPSA) is 38.1 Å². The molecule has 1 aromatic heterocycles. The minimum absolute atomic E-state index is 0.222. The number of hydrogen-bond acceptors (Lipinski definition) is 3. The highest BCUT2D eigenvalue weighted by atomic mass is 19.4. The van der Waals surface area contributed by atoms with Gasteiger partial charge in [0, 0.05) is 5.39 Å². The molecule has 16 heavy (non-hydrogen) atoms. The van der Waals surface area contributed by atoms with Crippen LogP contribution in [0.25, 0.3) is 10.9 Å². The van der Waals surface area contributed by atoms with Gasteiger partial charge in [-0.15, -0.1) is 0 Å². The molecule has 0 aliphatic rings. The molecule has 6 heteroatoms. The van der Waals surface area contributed by atoms with Gasteiger partial charge >= 0.3 is 6.18 Å². The third-order valence-corrected chi connectivity index (χ3v) is 2.22. The number of hydrogen-bond donors (Lipinski definition) is 1. The van der Waals surface area contributed by atoms with Gasteiger partial charge in [0.15, 0.2) is 5.76 Å². The first-order chi connectivity index (χ1) is 7.52. The minimum atomic E-state index is -4.35. The molecular weight excluding hydrogens is 221 g/mol. The number of alkyl halides is 3. The molecule has 3 nitrogen and oxygen atoms in total. The van der Waals surface area contributed by atoms with Gasteiger partial charge < -0.3 is 9.84 Å². The van der Waals surface area contributed by atoms with E-state index < -0.39 is 11.7 Å². The summed E-state index contributed by atoms with van der Waals surface area (Å²) in [6.45, 7) is 0.432. The summed E-state index contributed by atoms with van der Waals surface area (Å²) in [4.78, 5) is 0. The predicted molar refractivity (Wildman–Crippen MR) is 51.8 cm³/mol. The van der Waals surface area contributed by atoms with Crippen LogP contribution in [0.5, 0.6) is 0 Å². The van der Waals surface area contributed by atoms with Crippen molar-refractivity contribution in [1.29, 1.82) is 0 Å². The molecule has 0 bridgehead atoms. The number of halogens is 3. The van der Waals surface area contributed by atoms with Gasteiger partial charge in [-0.05, 0) is 25.2 Å². The Kier molecular flexibility index (Phi) is 2.59. The van der Waals surface area contributed by atoms with Crippen molar-refractivity contribution in [2.24, 2.45) is 0 Å². The van der Waals surface area contributed by atoms with Crippen LogP contribution in [0.1, 0.15) is 11.3 Å². The van der Waals surface area contributed by atoms with Gasteiger partial charge in [-0.25, -0.2) is 0 Å².